The second kappa shape index (κ2) is 5.03. The molecule has 17 heavy (non-hydrogen) atoms. The zero-order valence-corrected chi connectivity index (χ0v) is 9.81. The fraction of sp³-hybridized carbons (Fsp3) is 0.500. The average molecular weight is 236 g/mol. The lowest BCUT2D eigenvalue weighted by molar-refractivity contribution is 0.0593. The number of nitrogen functional groups attached to an aromatic ring is 1. The average Bonchev–Trinajstić information content (AvgIpc) is 3.14. The number of nitrogens with two attached hydrogens (primary N) is 1. The van der Waals surface area contributed by atoms with Gasteiger partial charge in [-0.15, -0.1) is 0 Å². The van der Waals surface area contributed by atoms with Crippen molar-refractivity contribution in [2.75, 3.05) is 19.5 Å². The first-order valence-electron chi connectivity index (χ1n) is 5.68. The molecule has 1 heterocycles. The third-order valence-electron chi connectivity index (χ3n) is 2.75. The van der Waals surface area contributed by atoms with Crippen molar-refractivity contribution in [3.8, 4) is 5.88 Å². The summed E-state index contributed by atoms with van der Waals surface area (Å²) in [5.41, 5.74) is 6.37. The van der Waals surface area contributed by atoms with E-state index in [4.69, 9.17) is 10.5 Å². The highest BCUT2D eigenvalue weighted by Crippen LogP contribution is 2.32. The van der Waals surface area contributed by atoms with E-state index in [1.165, 1.54) is 26.0 Å². The molecule has 1 aliphatic rings. The van der Waals surface area contributed by atoms with Crippen molar-refractivity contribution in [3.05, 3.63) is 17.8 Å². The predicted molar refractivity (Wildman–Crippen MR) is 62.8 cm³/mol. The summed E-state index contributed by atoms with van der Waals surface area (Å²) in [6.07, 6.45) is 3.59. The fourth-order valence-electron chi connectivity index (χ4n) is 1.51. The SMILES string of the molecule is COC(=O)c1ccc(N)c(OCCC2CC2)n1. The number of aromatic nitrogens is 1. The van der Waals surface area contributed by atoms with E-state index in [-0.39, 0.29) is 5.69 Å². The number of rotatable bonds is 5. The minimum atomic E-state index is -0.489. The van der Waals surface area contributed by atoms with Gasteiger partial charge in [-0.05, 0) is 24.5 Å². The molecule has 5 heteroatoms. The Hall–Kier alpha value is -1.78. The van der Waals surface area contributed by atoms with Gasteiger partial charge in [-0.3, -0.25) is 0 Å². The Morgan fingerprint density at radius 3 is 2.94 bits per heavy atom. The molecule has 0 amide bonds. The van der Waals surface area contributed by atoms with E-state index in [2.05, 4.69) is 9.72 Å². The lowest BCUT2D eigenvalue weighted by Crippen LogP contribution is -2.08. The molecular formula is C12H16N2O3. The Labute approximate surface area is 99.9 Å². The number of anilines is 1. The number of carbonyl (C=O) groups is 1. The number of pyridine rings is 1. The van der Waals surface area contributed by atoms with Crippen molar-refractivity contribution >= 4 is 11.7 Å². The molecular weight excluding hydrogens is 220 g/mol. The molecule has 1 aliphatic carbocycles. The minimum Gasteiger partial charge on any atom is -0.476 e. The third-order valence-corrected chi connectivity index (χ3v) is 2.75. The Bertz CT molecular complexity index is 416. The summed E-state index contributed by atoms with van der Waals surface area (Å²) < 4.78 is 10.1. The first kappa shape index (κ1) is 11.7. The Morgan fingerprint density at radius 2 is 2.29 bits per heavy atom. The van der Waals surface area contributed by atoms with Gasteiger partial charge in [0, 0.05) is 0 Å². The predicted octanol–water partition coefficient (Wildman–Crippen LogP) is 1.63. The van der Waals surface area contributed by atoms with Gasteiger partial charge < -0.3 is 15.2 Å². The Morgan fingerprint density at radius 1 is 1.53 bits per heavy atom. The molecule has 0 spiro atoms. The summed E-state index contributed by atoms with van der Waals surface area (Å²) >= 11 is 0. The van der Waals surface area contributed by atoms with Crippen LogP contribution in [0.5, 0.6) is 5.88 Å². The Kier molecular flexibility index (Phi) is 3.46. The normalized spacial score (nSPS) is 14.4. The molecule has 2 N–H and O–H groups in total. The van der Waals surface area contributed by atoms with Gasteiger partial charge in [-0.2, -0.15) is 0 Å². The van der Waals surface area contributed by atoms with Crippen LogP contribution in [-0.2, 0) is 4.74 Å². The maximum Gasteiger partial charge on any atom is 0.356 e. The van der Waals surface area contributed by atoms with E-state index in [0.717, 1.165) is 12.3 Å². The highest BCUT2D eigenvalue weighted by atomic mass is 16.5. The van der Waals surface area contributed by atoms with Crippen molar-refractivity contribution in [3.63, 3.8) is 0 Å². The standard InChI is InChI=1S/C12H16N2O3/c1-16-12(15)10-5-4-9(13)11(14-10)17-7-6-8-2-3-8/h4-5,8H,2-3,6-7,13H2,1H3. The van der Waals surface area contributed by atoms with Crippen molar-refractivity contribution in [2.45, 2.75) is 19.3 Å². The smallest absolute Gasteiger partial charge is 0.356 e. The molecule has 1 saturated carbocycles. The maximum atomic E-state index is 11.3. The first-order valence-corrected chi connectivity index (χ1v) is 5.68. The van der Waals surface area contributed by atoms with Crippen LogP contribution in [0.25, 0.3) is 0 Å². The molecule has 0 aliphatic heterocycles. The zero-order chi connectivity index (χ0) is 12.3. The number of methoxy groups -OCH3 is 1. The molecule has 5 nitrogen and oxygen atoms in total. The molecule has 1 aromatic rings. The van der Waals surface area contributed by atoms with E-state index in [0.29, 0.717) is 18.2 Å². The summed E-state index contributed by atoms with van der Waals surface area (Å²) in [7, 11) is 1.31. The van der Waals surface area contributed by atoms with E-state index >= 15 is 0 Å². The monoisotopic (exact) mass is 236 g/mol. The number of hydrogen-bond acceptors (Lipinski definition) is 5. The lowest BCUT2D eigenvalue weighted by Gasteiger charge is -2.08. The van der Waals surface area contributed by atoms with Crippen LogP contribution in [0.15, 0.2) is 12.1 Å². The van der Waals surface area contributed by atoms with Gasteiger partial charge in [-0.1, -0.05) is 12.8 Å². The summed E-state index contributed by atoms with van der Waals surface area (Å²) in [5.74, 6) is 0.616. The van der Waals surface area contributed by atoms with E-state index in [9.17, 15) is 4.79 Å². The van der Waals surface area contributed by atoms with Crippen molar-refractivity contribution in [2.24, 2.45) is 5.92 Å². The number of esters is 1. The van der Waals surface area contributed by atoms with Gasteiger partial charge >= 0.3 is 5.97 Å². The first-order chi connectivity index (χ1) is 8.20. The van der Waals surface area contributed by atoms with Crippen molar-refractivity contribution < 1.29 is 14.3 Å². The van der Waals surface area contributed by atoms with Crippen LogP contribution >= 0.6 is 0 Å². The highest BCUT2D eigenvalue weighted by Gasteiger charge is 2.21. The molecule has 0 bridgehead atoms. The van der Waals surface area contributed by atoms with E-state index in [1.807, 2.05) is 0 Å². The molecule has 0 unspecified atom stereocenters. The van der Waals surface area contributed by atoms with Gasteiger partial charge in [0.05, 0.1) is 19.4 Å². The second-order valence-electron chi connectivity index (χ2n) is 4.16. The van der Waals surface area contributed by atoms with Crippen LogP contribution in [0.3, 0.4) is 0 Å². The summed E-state index contributed by atoms with van der Waals surface area (Å²) in [6.45, 7) is 0.590. The summed E-state index contributed by atoms with van der Waals surface area (Å²) in [4.78, 5) is 15.3. The molecule has 1 aromatic heterocycles. The summed E-state index contributed by atoms with van der Waals surface area (Å²) in [5, 5.41) is 0. The van der Waals surface area contributed by atoms with Crippen LogP contribution in [0.2, 0.25) is 0 Å². The van der Waals surface area contributed by atoms with Gasteiger partial charge in [-0.25, -0.2) is 9.78 Å². The molecule has 0 saturated heterocycles. The van der Waals surface area contributed by atoms with E-state index < -0.39 is 5.97 Å². The van der Waals surface area contributed by atoms with Crippen LogP contribution in [0.4, 0.5) is 5.69 Å². The molecule has 0 aromatic carbocycles. The van der Waals surface area contributed by atoms with Crippen LogP contribution in [0.1, 0.15) is 29.8 Å². The number of carbonyl (C=O) groups excluding carboxylic acids is 1. The van der Waals surface area contributed by atoms with Crippen LogP contribution in [-0.4, -0.2) is 24.7 Å². The molecule has 0 radical (unpaired) electrons. The van der Waals surface area contributed by atoms with Crippen LogP contribution < -0.4 is 10.5 Å². The van der Waals surface area contributed by atoms with Gasteiger partial charge in [0.1, 0.15) is 0 Å². The largest absolute Gasteiger partial charge is 0.476 e. The maximum absolute atomic E-state index is 11.3. The quantitative estimate of drug-likeness (QED) is 0.786. The molecule has 1 fully saturated rings. The Balaban J connectivity index is 2.00. The highest BCUT2D eigenvalue weighted by molar-refractivity contribution is 5.87. The number of hydrogen-bond donors (Lipinski definition) is 1. The molecule has 2 rings (SSSR count). The third kappa shape index (κ3) is 3.09. The van der Waals surface area contributed by atoms with Crippen molar-refractivity contribution in [1.82, 2.24) is 4.98 Å². The van der Waals surface area contributed by atoms with Gasteiger partial charge in [0.15, 0.2) is 5.69 Å². The zero-order valence-electron chi connectivity index (χ0n) is 9.81. The minimum absolute atomic E-state index is 0.211. The van der Waals surface area contributed by atoms with Gasteiger partial charge in [0.25, 0.3) is 0 Å². The molecule has 0 atom stereocenters. The topological polar surface area (TPSA) is 74.4 Å². The van der Waals surface area contributed by atoms with E-state index in [1.54, 1.807) is 6.07 Å². The van der Waals surface area contributed by atoms with Crippen molar-refractivity contribution in [1.29, 1.82) is 0 Å². The summed E-state index contributed by atoms with van der Waals surface area (Å²) in [6, 6.07) is 3.13. The molecule has 92 valence electrons. The number of nitrogens with zero attached hydrogens (tertiary/aromatic N) is 1. The lowest BCUT2D eigenvalue weighted by atomic mass is 10.3. The van der Waals surface area contributed by atoms with Crippen LogP contribution in [0, 0.1) is 5.92 Å². The number of ether oxygens (including phenoxy) is 2. The fourth-order valence-corrected chi connectivity index (χ4v) is 1.51. The van der Waals surface area contributed by atoms with Gasteiger partial charge in [0.2, 0.25) is 5.88 Å². The second-order valence-corrected chi connectivity index (χ2v) is 4.16.